The van der Waals surface area contributed by atoms with Crippen LogP contribution in [0.4, 0.5) is 0 Å². The van der Waals surface area contributed by atoms with Crippen LogP contribution in [0.3, 0.4) is 0 Å². The van der Waals surface area contributed by atoms with Gasteiger partial charge in [-0.1, -0.05) is 6.08 Å². The van der Waals surface area contributed by atoms with Gasteiger partial charge in [0.2, 0.25) is 0 Å². The molecule has 0 spiro atoms. The summed E-state index contributed by atoms with van der Waals surface area (Å²) in [4.78, 5) is 0. The third-order valence-electron chi connectivity index (χ3n) is 0.538. The van der Waals surface area contributed by atoms with Crippen molar-refractivity contribution >= 4 is 12.4 Å². The number of hydrogen-bond acceptors (Lipinski definition) is 1. The fourth-order valence-electron chi connectivity index (χ4n) is 0.263. The van der Waals surface area contributed by atoms with Crippen molar-refractivity contribution in [3.05, 3.63) is 12.7 Å². The molecule has 0 aliphatic carbocycles. The Kier molecular flexibility index (Phi) is 8.62. The van der Waals surface area contributed by atoms with E-state index >= 15 is 0 Å². The topological polar surface area (TPSA) is 26.0 Å². The molecule has 0 saturated heterocycles. The van der Waals surface area contributed by atoms with E-state index in [1.165, 1.54) is 0 Å². The molecule has 44 valence electrons. The standard InChI is InChI=1S/C5H11N.ClH/c1-3-4-5(2)6;/h3,5H,1,4,6H2,2H3;1H/t5-;/m0./s1. The molecule has 0 amide bonds. The zero-order valence-electron chi connectivity index (χ0n) is 4.55. The summed E-state index contributed by atoms with van der Waals surface area (Å²) in [6, 6.07) is 0.280. The number of hydrogen-bond donors (Lipinski definition) is 1. The lowest BCUT2D eigenvalue weighted by Gasteiger charge is -1.93. The Morgan fingerprint density at radius 3 is 2.29 bits per heavy atom. The Bertz CT molecular complexity index is 43.3. The van der Waals surface area contributed by atoms with E-state index < -0.39 is 0 Å². The first-order valence-corrected chi connectivity index (χ1v) is 2.14. The zero-order valence-corrected chi connectivity index (χ0v) is 5.37. The van der Waals surface area contributed by atoms with Crippen LogP contribution >= 0.6 is 12.4 Å². The second-order valence-corrected chi connectivity index (χ2v) is 1.50. The zero-order chi connectivity index (χ0) is 4.99. The van der Waals surface area contributed by atoms with E-state index in [2.05, 4.69) is 6.58 Å². The van der Waals surface area contributed by atoms with Crippen molar-refractivity contribution in [1.82, 2.24) is 0 Å². The van der Waals surface area contributed by atoms with Crippen molar-refractivity contribution in [3.63, 3.8) is 0 Å². The molecular weight excluding hydrogens is 110 g/mol. The van der Waals surface area contributed by atoms with Gasteiger partial charge in [0.15, 0.2) is 0 Å². The van der Waals surface area contributed by atoms with Gasteiger partial charge in [-0.2, -0.15) is 0 Å². The molecule has 0 fully saturated rings. The van der Waals surface area contributed by atoms with Gasteiger partial charge in [0, 0.05) is 6.04 Å². The van der Waals surface area contributed by atoms with Crippen molar-refractivity contribution in [2.45, 2.75) is 19.4 Å². The summed E-state index contributed by atoms with van der Waals surface area (Å²) >= 11 is 0. The van der Waals surface area contributed by atoms with Gasteiger partial charge in [-0.25, -0.2) is 0 Å². The van der Waals surface area contributed by atoms with Crippen LogP contribution in [0.1, 0.15) is 13.3 Å². The second-order valence-electron chi connectivity index (χ2n) is 1.50. The Hall–Kier alpha value is -0.0100. The highest BCUT2D eigenvalue weighted by Gasteiger charge is 1.82. The minimum atomic E-state index is 0. The molecule has 7 heavy (non-hydrogen) atoms. The van der Waals surface area contributed by atoms with E-state index in [1.807, 2.05) is 13.0 Å². The molecule has 0 rings (SSSR count). The molecule has 0 aliphatic rings. The Balaban J connectivity index is 0. The van der Waals surface area contributed by atoms with E-state index in [0.717, 1.165) is 6.42 Å². The van der Waals surface area contributed by atoms with E-state index in [0.29, 0.717) is 0 Å². The lowest BCUT2D eigenvalue weighted by atomic mass is 10.3. The SMILES string of the molecule is C=CC[C@H](C)N.Cl. The van der Waals surface area contributed by atoms with Gasteiger partial charge in [0.25, 0.3) is 0 Å². The van der Waals surface area contributed by atoms with Gasteiger partial charge >= 0.3 is 0 Å². The first kappa shape index (κ1) is 10.1. The van der Waals surface area contributed by atoms with E-state index in [4.69, 9.17) is 5.73 Å². The predicted molar refractivity (Wildman–Crippen MR) is 35.7 cm³/mol. The minimum absolute atomic E-state index is 0. The minimum Gasteiger partial charge on any atom is -0.328 e. The van der Waals surface area contributed by atoms with E-state index in [-0.39, 0.29) is 18.4 Å². The molecule has 0 bridgehead atoms. The van der Waals surface area contributed by atoms with Gasteiger partial charge in [0.05, 0.1) is 0 Å². The predicted octanol–water partition coefficient (Wildman–Crippen LogP) is 1.33. The van der Waals surface area contributed by atoms with Crippen LogP contribution in [-0.4, -0.2) is 6.04 Å². The van der Waals surface area contributed by atoms with Crippen molar-refractivity contribution in [2.75, 3.05) is 0 Å². The first-order valence-electron chi connectivity index (χ1n) is 2.14. The molecule has 0 radical (unpaired) electrons. The second kappa shape index (κ2) is 5.99. The number of nitrogens with two attached hydrogens (primary N) is 1. The maximum absolute atomic E-state index is 5.33. The fraction of sp³-hybridized carbons (Fsp3) is 0.600. The van der Waals surface area contributed by atoms with Crippen LogP contribution in [0.2, 0.25) is 0 Å². The fourth-order valence-corrected chi connectivity index (χ4v) is 0.263. The normalized spacial score (nSPS) is 11.7. The highest BCUT2D eigenvalue weighted by molar-refractivity contribution is 5.85. The molecule has 1 nitrogen and oxygen atoms in total. The molecule has 0 heterocycles. The van der Waals surface area contributed by atoms with Crippen LogP contribution in [0.5, 0.6) is 0 Å². The van der Waals surface area contributed by atoms with Crippen LogP contribution in [0.25, 0.3) is 0 Å². The highest BCUT2D eigenvalue weighted by Crippen LogP contribution is 1.82. The molecule has 0 unspecified atom stereocenters. The average molecular weight is 122 g/mol. The third kappa shape index (κ3) is 10.7. The summed E-state index contributed by atoms with van der Waals surface area (Å²) < 4.78 is 0. The summed E-state index contributed by atoms with van der Waals surface area (Å²) in [7, 11) is 0. The van der Waals surface area contributed by atoms with Crippen molar-refractivity contribution in [1.29, 1.82) is 0 Å². The summed E-state index contributed by atoms with van der Waals surface area (Å²) in [6.07, 6.45) is 2.74. The molecule has 0 aliphatic heterocycles. The molecule has 0 aromatic rings. The van der Waals surface area contributed by atoms with E-state index in [9.17, 15) is 0 Å². The van der Waals surface area contributed by atoms with Crippen LogP contribution in [-0.2, 0) is 0 Å². The smallest absolute Gasteiger partial charge is 0.00449 e. The quantitative estimate of drug-likeness (QED) is 0.548. The molecule has 1 atom stereocenters. The summed E-state index contributed by atoms with van der Waals surface area (Å²) in [5.41, 5.74) is 5.33. The third-order valence-corrected chi connectivity index (χ3v) is 0.538. The molecular formula is C5H12ClN. The summed E-state index contributed by atoms with van der Waals surface area (Å²) in [6.45, 7) is 5.48. The molecule has 2 heteroatoms. The Labute approximate surface area is 51.0 Å². The van der Waals surface area contributed by atoms with Gasteiger partial charge < -0.3 is 5.73 Å². The Morgan fingerprint density at radius 1 is 1.86 bits per heavy atom. The maximum atomic E-state index is 5.33. The first-order chi connectivity index (χ1) is 2.77. The molecule has 0 saturated carbocycles. The highest BCUT2D eigenvalue weighted by atomic mass is 35.5. The molecule has 0 aromatic carbocycles. The lowest BCUT2D eigenvalue weighted by Crippen LogP contribution is -2.12. The van der Waals surface area contributed by atoms with Crippen LogP contribution in [0, 0.1) is 0 Å². The lowest BCUT2D eigenvalue weighted by molar-refractivity contribution is 0.758. The van der Waals surface area contributed by atoms with E-state index in [1.54, 1.807) is 0 Å². The van der Waals surface area contributed by atoms with Gasteiger partial charge in [-0.3, -0.25) is 0 Å². The van der Waals surface area contributed by atoms with Crippen LogP contribution in [0.15, 0.2) is 12.7 Å². The molecule has 2 N–H and O–H groups in total. The maximum Gasteiger partial charge on any atom is 0.00449 e. The monoisotopic (exact) mass is 121 g/mol. The Morgan fingerprint density at radius 2 is 2.29 bits per heavy atom. The number of rotatable bonds is 2. The summed E-state index contributed by atoms with van der Waals surface area (Å²) in [5, 5.41) is 0. The van der Waals surface area contributed by atoms with Crippen molar-refractivity contribution < 1.29 is 0 Å². The van der Waals surface area contributed by atoms with Gasteiger partial charge in [-0.15, -0.1) is 19.0 Å². The van der Waals surface area contributed by atoms with Crippen molar-refractivity contribution in [2.24, 2.45) is 5.73 Å². The number of halogens is 1. The average Bonchev–Trinajstić information content (AvgIpc) is 1.35. The van der Waals surface area contributed by atoms with Crippen LogP contribution < -0.4 is 5.73 Å². The largest absolute Gasteiger partial charge is 0.328 e. The molecule has 0 aromatic heterocycles. The summed E-state index contributed by atoms with van der Waals surface area (Å²) in [5.74, 6) is 0. The van der Waals surface area contributed by atoms with Gasteiger partial charge in [-0.05, 0) is 13.3 Å². The van der Waals surface area contributed by atoms with Crippen molar-refractivity contribution in [3.8, 4) is 0 Å². The van der Waals surface area contributed by atoms with Gasteiger partial charge in [0.1, 0.15) is 0 Å².